The SMILES string of the molecule is [2H]C([2H])(C(=O)Nc1cc(C(C)(C)C)no1)c1ccc(-c2nn(C(C)C)c3ncnc(N)c23)cc1. The quantitative estimate of drug-likeness (QED) is 0.483. The second-order valence-electron chi connectivity index (χ2n) is 8.83. The van der Waals surface area contributed by atoms with E-state index in [1.807, 2.05) is 34.6 Å². The number of hydrogen-bond acceptors (Lipinski definition) is 7. The first-order valence-corrected chi connectivity index (χ1v) is 10.3. The number of nitrogen functional groups attached to an aromatic ring is 1. The van der Waals surface area contributed by atoms with E-state index >= 15 is 0 Å². The second kappa shape index (κ2) is 8.07. The van der Waals surface area contributed by atoms with Crippen molar-refractivity contribution >= 4 is 28.6 Å². The Bertz CT molecular complexity index is 1350. The number of anilines is 2. The van der Waals surface area contributed by atoms with Crippen LogP contribution < -0.4 is 11.1 Å². The minimum Gasteiger partial charge on any atom is -0.383 e. The average Bonchev–Trinajstić information content (AvgIpc) is 3.39. The highest BCUT2D eigenvalue weighted by Gasteiger charge is 2.20. The summed E-state index contributed by atoms with van der Waals surface area (Å²) < 4.78 is 23.7. The van der Waals surface area contributed by atoms with Crippen molar-refractivity contribution in [3.05, 3.63) is 47.9 Å². The summed E-state index contributed by atoms with van der Waals surface area (Å²) in [4.78, 5) is 21.1. The maximum atomic E-state index is 12.7. The fraction of sp³-hybridized carbons (Fsp3) is 0.348. The average molecular weight is 436 g/mol. The van der Waals surface area contributed by atoms with Gasteiger partial charge in [0, 0.05) is 25.8 Å². The molecule has 1 aromatic carbocycles. The van der Waals surface area contributed by atoms with E-state index in [0.29, 0.717) is 33.8 Å². The van der Waals surface area contributed by atoms with Crippen LogP contribution in [0.2, 0.25) is 0 Å². The van der Waals surface area contributed by atoms with Crippen LogP contribution in [0.25, 0.3) is 22.3 Å². The van der Waals surface area contributed by atoms with Crippen LogP contribution in [0.1, 0.15) is 54.7 Å². The molecular weight excluding hydrogens is 406 g/mol. The van der Waals surface area contributed by atoms with Gasteiger partial charge < -0.3 is 10.3 Å². The molecule has 0 aliphatic carbocycles. The Hall–Kier alpha value is -3.75. The summed E-state index contributed by atoms with van der Waals surface area (Å²) in [6.07, 6.45) is -0.911. The fourth-order valence-corrected chi connectivity index (χ4v) is 3.23. The Labute approximate surface area is 188 Å². The molecule has 3 heterocycles. The normalized spacial score (nSPS) is 13.3. The van der Waals surface area contributed by atoms with E-state index in [-0.39, 0.29) is 22.9 Å². The molecule has 3 aromatic heterocycles. The van der Waals surface area contributed by atoms with Gasteiger partial charge in [0.2, 0.25) is 11.8 Å². The Kier molecular flexibility index (Phi) is 4.78. The zero-order valence-corrected chi connectivity index (χ0v) is 18.7. The number of nitrogens with zero attached hydrogens (tertiary/aromatic N) is 5. The van der Waals surface area contributed by atoms with E-state index in [4.69, 9.17) is 13.0 Å². The number of benzene rings is 1. The predicted octanol–water partition coefficient (Wildman–Crippen LogP) is 4.12. The van der Waals surface area contributed by atoms with Gasteiger partial charge in [0.25, 0.3) is 0 Å². The molecule has 0 spiro atoms. The third-order valence-corrected chi connectivity index (χ3v) is 4.94. The zero-order valence-electron chi connectivity index (χ0n) is 20.7. The molecule has 9 heteroatoms. The first-order chi connectivity index (χ1) is 15.9. The number of aromatic nitrogens is 5. The maximum Gasteiger partial charge on any atom is 0.231 e. The molecule has 0 saturated carbocycles. The number of carbonyl (C=O) groups excluding carboxylic acids is 1. The summed E-state index contributed by atoms with van der Waals surface area (Å²) in [5.74, 6) is -0.451. The lowest BCUT2D eigenvalue weighted by molar-refractivity contribution is -0.115. The van der Waals surface area contributed by atoms with E-state index < -0.39 is 12.3 Å². The van der Waals surface area contributed by atoms with Gasteiger partial charge in [-0.15, -0.1) is 0 Å². The number of nitrogens with one attached hydrogen (secondary N) is 1. The van der Waals surface area contributed by atoms with E-state index in [2.05, 4.69) is 25.5 Å². The van der Waals surface area contributed by atoms with Gasteiger partial charge in [-0.3, -0.25) is 10.1 Å². The van der Waals surface area contributed by atoms with Crippen LogP contribution in [0.15, 0.2) is 41.2 Å². The van der Waals surface area contributed by atoms with Gasteiger partial charge in [0.05, 0.1) is 17.5 Å². The third-order valence-electron chi connectivity index (χ3n) is 4.94. The molecule has 1 amide bonds. The van der Waals surface area contributed by atoms with E-state index in [9.17, 15) is 4.79 Å². The highest BCUT2D eigenvalue weighted by Crippen LogP contribution is 2.31. The topological polar surface area (TPSA) is 125 Å². The number of nitrogens with two attached hydrogens (primary N) is 1. The van der Waals surface area contributed by atoms with Crippen LogP contribution in [0.3, 0.4) is 0 Å². The van der Waals surface area contributed by atoms with E-state index in [1.165, 1.54) is 6.33 Å². The molecule has 0 bridgehead atoms. The van der Waals surface area contributed by atoms with Crippen molar-refractivity contribution in [3.63, 3.8) is 0 Å². The van der Waals surface area contributed by atoms with Gasteiger partial charge in [-0.2, -0.15) is 5.10 Å². The Balaban J connectivity index is 1.62. The molecule has 0 fully saturated rings. The molecule has 0 saturated heterocycles. The maximum absolute atomic E-state index is 12.7. The summed E-state index contributed by atoms with van der Waals surface area (Å²) in [6.45, 7) is 9.87. The molecule has 0 aliphatic rings. The van der Waals surface area contributed by atoms with Crippen LogP contribution in [-0.4, -0.2) is 30.8 Å². The zero-order chi connectivity index (χ0) is 24.8. The highest BCUT2D eigenvalue weighted by molar-refractivity contribution is 5.98. The Morgan fingerprint density at radius 1 is 1.25 bits per heavy atom. The number of amides is 1. The van der Waals surface area contributed by atoms with Gasteiger partial charge in [-0.1, -0.05) is 50.2 Å². The molecule has 166 valence electrons. The van der Waals surface area contributed by atoms with Crippen molar-refractivity contribution in [3.8, 4) is 11.3 Å². The standard InChI is InChI=1S/C23H27N7O2/c1-13(2)30-22-19(21(24)25-12-26-22)20(28-30)15-8-6-14(7-9-15)10-17(31)27-18-11-16(29-32-18)23(3,4)5/h6-9,11-13H,10H2,1-5H3,(H,27,31)(H2,24,25,26)/i10D2. The van der Waals surface area contributed by atoms with Crippen LogP contribution in [0, 0.1) is 0 Å². The van der Waals surface area contributed by atoms with Crippen molar-refractivity contribution < 1.29 is 12.1 Å². The molecule has 0 radical (unpaired) electrons. The van der Waals surface area contributed by atoms with Crippen molar-refractivity contribution in [2.24, 2.45) is 0 Å². The molecular formula is C23H27N7O2. The van der Waals surface area contributed by atoms with Crippen molar-refractivity contribution in [2.45, 2.75) is 52.4 Å². The summed E-state index contributed by atoms with van der Waals surface area (Å²) in [6, 6.07) is 8.15. The monoisotopic (exact) mass is 435 g/mol. The van der Waals surface area contributed by atoms with Gasteiger partial charge in [0.15, 0.2) is 5.65 Å². The molecule has 3 N–H and O–H groups in total. The van der Waals surface area contributed by atoms with Crippen molar-refractivity contribution in [1.29, 1.82) is 0 Å². The Morgan fingerprint density at radius 3 is 2.59 bits per heavy atom. The summed E-state index contributed by atoms with van der Waals surface area (Å²) >= 11 is 0. The summed E-state index contributed by atoms with van der Waals surface area (Å²) in [7, 11) is 0. The van der Waals surface area contributed by atoms with Gasteiger partial charge in [-0.25, -0.2) is 14.6 Å². The molecule has 4 aromatic rings. The lowest BCUT2D eigenvalue weighted by Crippen LogP contribution is -2.14. The smallest absolute Gasteiger partial charge is 0.231 e. The fourth-order valence-electron chi connectivity index (χ4n) is 3.23. The van der Waals surface area contributed by atoms with Crippen LogP contribution in [0.5, 0.6) is 0 Å². The number of rotatable bonds is 5. The molecule has 0 atom stereocenters. The minimum absolute atomic E-state index is 0.0533. The third kappa shape index (κ3) is 4.18. The summed E-state index contributed by atoms with van der Waals surface area (Å²) in [5, 5.41) is 11.7. The summed E-state index contributed by atoms with van der Waals surface area (Å²) in [5.41, 5.74) is 8.61. The van der Waals surface area contributed by atoms with Crippen LogP contribution >= 0.6 is 0 Å². The predicted molar refractivity (Wildman–Crippen MR) is 123 cm³/mol. The minimum atomic E-state index is -2.31. The van der Waals surface area contributed by atoms with Gasteiger partial charge in [0.1, 0.15) is 17.8 Å². The molecule has 0 unspecified atom stereocenters. The first-order valence-electron chi connectivity index (χ1n) is 11.3. The number of fused-ring (bicyclic) bond motifs is 1. The van der Waals surface area contributed by atoms with Crippen molar-refractivity contribution in [1.82, 2.24) is 24.9 Å². The number of carbonyl (C=O) groups is 1. The second-order valence-corrected chi connectivity index (χ2v) is 8.83. The van der Waals surface area contributed by atoms with Crippen LogP contribution in [0.4, 0.5) is 11.7 Å². The van der Waals surface area contributed by atoms with Crippen molar-refractivity contribution in [2.75, 3.05) is 11.1 Å². The molecule has 32 heavy (non-hydrogen) atoms. The molecule has 9 nitrogen and oxygen atoms in total. The largest absolute Gasteiger partial charge is 0.383 e. The van der Waals surface area contributed by atoms with Gasteiger partial charge >= 0.3 is 0 Å². The highest BCUT2D eigenvalue weighted by atomic mass is 16.5. The molecule has 0 aliphatic heterocycles. The lowest BCUT2D eigenvalue weighted by Gasteiger charge is -2.12. The Morgan fingerprint density at radius 2 is 1.97 bits per heavy atom. The van der Waals surface area contributed by atoms with E-state index in [0.717, 1.165) is 0 Å². The van der Waals surface area contributed by atoms with Gasteiger partial charge in [-0.05, 0) is 19.4 Å². The first kappa shape index (κ1) is 19.0. The molecule has 4 rings (SSSR count). The lowest BCUT2D eigenvalue weighted by atomic mass is 9.92. The van der Waals surface area contributed by atoms with Crippen LogP contribution in [-0.2, 0) is 16.6 Å². The number of hydrogen-bond donors (Lipinski definition) is 2. The van der Waals surface area contributed by atoms with E-state index in [1.54, 1.807) is 35.0 Å².